The molecule has 27 heavy (non-hydrogen) atoms. The number of halogens is 1. The Kier molecular flexibility index (Phi) is 19.6. The standard InChI is InChI=1S/C9H9ClO.C7H15N.C7H10S/c1-7(11)6-8-2-4-9(10)5-3-8;1-4-5-6-7(2)8-3;1-4-6-7(5-2)8-3/h2-5H,6H2,1H3;4-6H2,1-3H3;4-6H,1-2H2,3H3/b;;7-6-. The van der Waals surface area contributed by atoms with E-state index in [0.29, 0.717) is 11.4 Å². The molecule has 0 atom stereocenters. The highest BCUT2D eigenvalue weighted by Gasteiger charge is 1.95. The van der Waals surface area contributed by atoms with E-state index in [0.717, 1.165) is 10.5 Å². The summed E-state index contributed by atoms with van der Waals surface area (Å²) in [6.45, 7) is 13.0. The van der Waals surface area contributed by atoms with Gasteiger partial charge >= 0.3 is 0 Å². The predicted octanol–water partition coefficient (Wildman–Crippen LogP) is 7.34. The predicted molar refractivity (Wildman–Crippen MR) is 126 cm³/mol. The van der Waals surface area contributed by atoms with Crippen molar-refractivity contribution in [3.63, 3.8) is 0 Å². The molecule has 0 fully saturated rings. The average molecular weight is 408 g/mol. The quantitative estimate of drug-likeness (QED) is 0.333. The molecule has 1 aromatic rings. The van der Waals surface area contributed by atoms with Gasteiger partial charge in [0.25, 0.3) is 0 Å². The first-order valence-corrected chi connectivity index (χ1v) is 10.6. The van der Waals surface area contributed by atoms with Gasteiger partial charge in [-0.15, -0.1) is 11.8 Å². The zero-order valence-corrected chi connectivity index (χ0v) is 19.0. The second kappa shape index (κ2) is 19.2. The number of aliphatic imine (C=N–C) groups is 1. The molecule has 1 aromatic carbocycles. The van der Waals surface area contributed by atoms with Gasteiger partial charge in [0.05, 0.1) is 0 Å². The van der Waals surface area contributed by atoms with Crippen LogP contribution in [0.25, 0.3) is 0 Å². The summed E-state index contributed by atoms with van der Waals surface area (Å²) >= 11 is 7.33. The van der Waals surface area contributed by atoms with Crippen molar-refractivity contribution >= 4 is 34.9 Å². The largest absolute Gasteiger partial charge is 0.300 e. The fourth-order valence-electron chi connectivity index (χ4n) is 1.77. The monoisotopic (exact) mass is 407 g/mol. The van der Waals surface area contributed by atoms with Gasteiger partial charge in [-0.2, -0.15) is 0 Å². The van der Waals surface area contributed by atoms with Crippen LogP contribution in [0.2, 0.25) is 5.02 Å². The highest BCUT2D eigenvalue weighted by molar-refractivity contribution is 8.02. The molecule has 0 saturated carbocycles. The van der Waals surface area contributed by atoms with Crippen molar-refractivity contribution in [3.05, 3.63) is 71.1 Å². The molecule has 0 N–H and O–H groups in total. The van der Waals surface area contributed by atoms with Crippen LogP contribution in [-0.4, -0.2) is 24.8 Å². The lowest BCUT2D eigenvalue weighted by Gasteiger charge is -1.95. The Morgan fingerprint density at radius 3 is 2.15 bits per heavy atom. The maximum Gasteiger partial charge on any atom is 0.134 e. The zero-order valence-electron chi connectivity index (χ0n) is 17.4. The van der Waals surface area contributed by atoms with E-state index in [1.165, 1.54) is 25.0 Å². The van der Waals surface area contributed by atoms with E-state index in [4.69, 9.17) is 11.6 Å². The van der Waals surface area contributed by atoms with Crippen molar-refractivity contribution in [2.24, 2.45) is 4.99 Å². The molecule has 2 nitrogen and oxygen atoms in total. The third-order valence-corrected chi connectivity index (χ3v) is 4.39. The lowest BCUT2D eigenvalue weighted by Crippen LogP contribution is -1.94. The molecular weight excluding hydrogens is 374 g/mol. The van der Waals surface area contributed by atoms with Crippen molar-refractivity contribution in [2.45, 2.75) is 46.5 Å². The van der Waals surface area contributed by atoms with E-state index in [-0.39, 0.29) is 5.78 Å². The number of carbonyl (C=O) groups is 1. The Morgan fingerprint density at radius 2 is 1.81 bits per heavy atom. The van der Waals surface area contributed by atoms with Crippen LogP contribution in [0.3, 0.4) is 0 Å². The minimum atomic E-state index is 0.173. The smallest absolute Gasteiger partial charge is 0.134 e. The summed E-state index contributed by atoms with van der Waals surface area (Å²) in [5, 5.41) is 0.706. The number of nitrogens with zero attached hydrogens (tertiary/aromatic N) is 1. The van der Waals surface area contributed by atoms with Gasteiger partial charge in [0.15, 0.2) is 0 Å². The fraction of sp³-hybridized carbons (Fsp3) is 0.391. The first kappa shape index (κ1) is 27.6. The van der Waals surface area contributed by atoms with E-state index in [1.807, 2.05) is 37.6 Å². The van der Waals surface area contributed by atoms with Crippen LogP contribution >= 0.6 is 23.4 Å². The number of rotatable bonds is 8. The first-order valence-electron chi connectivity index (χ1n) is 8.99. The molecule has 0 spiro atoms. The Hall–Kier alpha value is -1.58. The van der Waals surface area contributed by atoms with E-state index >= 15 is 0 Å². The summed E-state index contributed by atoms with van der Waals surface area (Å²) in [5.74, 6) is 0.173. The van der Waals surface area contributed by atoms with Crippen LogP contribution in [0.1, 0.15) is 45.6 Å². The highest BCUT2D eigenvalue weighted by Crippen LogP contribution is 2.11. The van der Waals surface area contributed by atoms with Crippen molar-refractivity contribution in [1.82, 2.24) is 0 Å². The summed E-state index contributed by atoms with van der Waals surface area (Å²) in [6, 6.07) is 7.31. The van der Waals surface area contributed by atoms with Crippen LogP contribution < -0.4 is 0 Å². The van der Waals surface area contributed by atoms with Gasteiger partial charge in [-0.1, -0.05) is 62.4 Å². The third-order valence-electron chi connectivity index (χ3n) is 3.36. The topological polar surface area (TPSA) is 29.4 Å². The number of carbonyl (C=O) groups excluding carboxylic acids is 1. The van der Waals surface area contributed by atoms with Crippen LogP contribution in [0.4, 0.5) is 0 Å². The Bertz CT molecular complexity index is 603. The van der Waals surface area contributed by atoms with Crippen molar-refractivity contribution < 1.29 is 4.79 Å². The van der Waals surface area contributed by atoms with Crippen LogP contribution in [-0.2, 0) is 11.2 Å². The molecule has 0 saturated heterocycles. The number of unbranched alkanes of at least 4 members (excludes halogenated alkanes) is 1. The van der Waals surface area contributed by atoms with Crippen molar-refractivity contribution in [3.8, 4) is 0 Å². The molecule has 0 aliphatic heterocycles. The van der Waals surface area contributed by atoms with Crippen molar-refractivity contribution in [2.75, 3.05) is 13.3 Å². The van der Waals surface area contributed by atoms with Gasteiger partial charge in [0.2, 0.25) is 0 Å². The number of Topliss-reactive ketones (excluding diaryl/α,β-unsaturated/α-hetero) is 1. The summed E-state index contributed by atoms with van der Waals surface area (Å²) < 4.78 is 0. The maximum absolute atomic E-state index is 10.7. The zero-order chi connectivity index (χ0) is 21.1. The normalized spacial score (nSPS) is 10.7. The van der Waals surface area contributed by atoms with Gasteiger partial charge in [-0.3, -0.25) is 9.79 Å². The van der Waals surface area contributed by atoms with E-state index in [1.54, 1.807) is 36.9 Å². The number of thioether (sulfide) groups is 1. The van der Waals surface area contributed by atoms with Gasteiger partial charge in [-0.25, -0.2) is 0 Å². The summed E-state index contributed by atoms with van der Waals surface area (Å²) in [7, 11) is 1.85. The molecule has 0 aliphatic carbocycles. The van der Waals surface area contributed by atoms with Gasteiger partial charge in [-0.05, 0) is 56.7 Å². The van der Waals surface area contributed by atoms with E-state index in [9.17, 15) is 4.79 Å². The fourth-order valence-corrected chi connectivity index (χ4v) is 2.29. The lowest BCUT2D eigenvalue weighted by atomic mass is 10.1. The maximum atomic E-state index is 10.7. The number of hydrogen-bond donors (Lipinski definition) is 0. The second-order valence-electron chi connectivity index (χ2n) is 5.78. The van der Waals surface area contributed by atoms with E-state index < -0.39 is 0 Å². The van der Waals surface area contributed by atoms with Crippen LogP contribution in [0, 0.1) is 0 Å². The first-order chi connectivity index (χ1) is 12.8. The van der Waals surface area contributed by atoms with E-state index in [2.05, 4.69) is 32.0 Å². The Labute approximate surface area is 175 Å². The minimum Gasteiger partial charge on any atom is -0.300 e. The van der Waals surface area contributed by atoms with Gasteiger partial charge in [0, 0.05) is 29.1 Å². The molecule has 0 aliphatic rings. The highest BCUT2D eigenvalue weighted by atomic mass is 35.5. The van der Waals surface area contributed by atoms with Crippen LogP contribution in [0.15, 0.2) is 65.5 Å². The van der Waals surface area contributed by atoms with Gasteiger partial charge < -0.3 is 0 Å². The number of benzene rings is 1. The molecule has 1 rings (SSSR count). The third kappa shape index (κ3) is 19.0. The summed E-state index contributed by atoms with van der Waals surface area (Å²) in [5.41, 5.74) is 2.29. The second-order valence-corrected chi connectivity index (χ2v) is 7.10. The van der Waals surface area contributed by atoms with Gasteiger partial charge in [0.1, 0.15) is 5.78 Å². The minimum absolute atomic E-state index is 0.173. The molecular formula is C23H34ClNOS. The number of allylic oxidation sites excluding steroid dienone is 3. The summed E-state index contributed by atoms with van der Waals surface area (Å²) in [4.78, 5) is 15.9. The molecule has 0 aromatic heterocycles. The molecule has 0 bridgehead atoms. The van der Waals surface area contributed by atoms with Crippen LogP contribution in [0.5, 0.6) is 0 Å². The summed E-state index contributed by atoms with van der Waals surface area (Å²) in [6.07, 6.45) is 11.7. The SMILES string of the molecule is C=C/C=C(/C=C)SC.CC(=O)Cc1ccc(Cl)cc1.CCCCC(C)=NC. The Balaban J connectivity index is 0. The lowest BCUT2D eigenvalue weighted by molar-refractivity contribution is -0.116. The molecule has 0 heterocycles. The Morgan fingerprint density at radius 1 is 1.22 bits per heavy atom. The van der Waals surface area contributed by atoms with Crippen molar-refractivity contribution in [1.29, 1.82) is 0 Å². The molecule has 150 valence electrons. The molecule has 0 amide bonds. The molecule has 4 heteroatoms. The average Bonchev–Trinajstić information content (AvgIpc) is 2.66. The number of hydrogen-bond acceptors (Lipinski definition) is 3. The molecule has 0 radical (unpaired) electrons. The molecule has 0 unspecified atom stereocenters. The number of ketones is 1.